The maximum absolute atomic E-state index is 12.4. The number of carbonyl (C=O) groups excluding carboxylic acids is 1. The van der Waals surface area contributed by atoms with Crippen LogP contribution < -0.4 is 14.8 Å². The van der Waals surface area contributed by atoms with Gasteiger partial charge in [-0.15, -0.1) is 0 Å². The van der Waals surface area contributed by atoms with Gasteiger partial charge in [0.1, 0.15) is 17.3 Å². The molecule has 1 aromatic heterocycles. The Kier molecular flexibility index (Phi) is 7.02. The summed E-state index contributed by atoms with van der Waals surface area (Å²) >= 11 is 0. The zero-order chi connectivity index (χ0) is 22.2. The first kappa shape index (κ1) is 21.4. The maximum atomic E-state index is 12.4. The molecule has 0 radical (unpaired) electrons. The number of rotatable bonds is 10. The van der Waals surface area contributed by atoms with Crippen molar-refractivity contribution in [1.29, 1.82) is 0 Å². The zero-order valence-corrected chi connectivity index (χ0v) is 18.2. The van der Waals surface area contributed by atoms with Crippen LogP contribution in [0.15, 0.2) is 78.9 Å². The van der Waals surface area contributed by atoms with E-state index in [0.717, 1.165) is 41.3 Å². The number of para-hydroxylation sites is 3. The van der Waals surface area contributed by atoms with E-state index in [1.54, 1.807) is 31.4 Å². The molecule has 0 fully saturated rings. The van der Waals surface area contributed by atoms with Crippen LogP contribution in [0.25, 0.3) is 11.0 Å². The Morgan fingerprint density at radius 3 is 2.47 bits per heavy atom. The highest BCUT2D eigenvalue weighted by Gasteiger charge is 2.11. The molecule has 0 atom stereocenters. The molecule has 3 aromatic carbocycles. The number of hydrogen-bond donors (Lipinski definition) is 1. The van der Waals surface area contributed by atoms with Gasteiger partial charge in [-0.1, -0.05) is 30.3 Å². The van der Waals surface area contributed by atoms with Gasteiger partial charge in [-0.2, -0.15) is 0 Å². The third-order valence-corrected chi connectivity index (χ3v) is 5.26. The number of aromatic nitrogens is 2. The Labute approximate surface area is 187 Å². The number of amides is 1. The van der Waals surface area contributed by atoms with Gasteiger partial charge in [0.15, 0.2) is 0 Å². The van der Waals surface area contributed by atoms with E-state index in [1.165, 1.54) is 0 Å². The lowest BCUT2D eigenvalue weighted by molar-refractivity contribution is 0.0954. The predicted molar refractivity (Wildman–Crippen MR) is 125 cm³/mol. The molecular formula is C26H27N3O3. The molecule has 0 bridgehead atoms. The van der Waals surface area contributed by atoms with Gasteiger partial charge in [0.25, 0.3) is 5.91 Å². The van der Waals surface area contributed by atoms with Crippen LogP contribution in [-0.2, 0) is 13.0 Å². The van der Waals surface area contributed by atoms with E-state index in [4.69, 9.17) is 14.5 Å². The summed E-state index contributed by atoms with van der Waals surface area (Å²) in [6, 6.07) is 25.0. The maximum Gasteiger partial charge on any atom is 0.251 e. The predicted octanol–water partition coefficient (Wildman–Crippen LogP) is 4.49. The molecule has 0 aliphatic rings. The lowest BCUT2D eigenvalue weighted by Crippen LogP contribution is -2.26. The molecule has 0 aliphatic carbocycles. The van der Waals surface area contributed by atoms with E-state index in [-0.39, 0.29) is 5.91 Å². The monoisotopic (exact) mass is 429 g/mol. The van der Waals surface area contributed by atoms with E-state index in [9.17, 15) is 4.79 Å². The number of imidazole rings is 1. The van der Waals surface area contributed by atoms with Crippen LogP contribution in [-0.4, -0.2) is 35.7 Å². The van der Waals surface area contributed by atoms with Crippen LogP contribution >= 0.6 is 0 Å². The summed E-state index contributed by atoms with van der Waals surface area (Å²) in [4.78, 5) is 17.2. The van der Waals surface area contributed by atoms with Gasteiger partial charge in [0, 0.05) is 25.1 Å². The van der Waals surface area contributed by atoms with Crippen LogP contribution in [0.2, 0.25) is 0 Å². The lowest BCUT2D eigenvalue weighted by Gasteiger charge is -2.11. The molecule has 1 heterocycles. The molecule has 32 heavy (non-hydrogen) atoms. The summed E-state index contributed by atoms with van der Waals surface area (Å²) in [6.07, 6.45) is 1.51. The van der Waals surface area contributed by atoms with Crippen molar-refractivity contribution >= 4 is 16.9 Å². The highest BCUT2D eigenvalue weighted by atomic mass is 16.5. The first-order valence-electron chi connectivity index (χ1n) is 10.8. The normalized spacial score (nSPS) is 10.8. The Balaban J connectivity index is 1.36. The van der Waals surface area contributed by atoms with Gasteiger partial charge in [-0.25, -0.2) is 4.98 Å². The quantitative estimate of drug-likeness (QED) is 0.377. The largest absolute Gasteiger partial charge is 0.497 e. The minimum Gasteiger partial charge on any atom is -0.497 e. The fraction of sp³-hybridized carbons (Fsp3) is 0.231. The summed E-state index contributed by atoms with van der Waals surface area (Å²) < 4.78 is 13.2. The number of carbonyl (C=O) groups is 1. The van der Waals surface area contributed by atoms with Crippen LogP contribution in [0.1, 0.15) is 22.6 Å². The molecule has 1 N–H and O–H groups in total. The third kappa shape index (κ3) is 5.27. The molecule has 4 rings (SSSR count). The van der Waals surface area contributed by atoms with E-state index in [1.807, 2.05) is 48.5 Å². The van der Waals surface area contributed by atoms with Gasteiger partial charge in [0.2, 0.25) is 0 Å². The van der Waals surface area contributed by atoms with Crippen molar-refractivity contribution in [2.45, 2.75) is 19.4 Å². The summed E-state index contributed by atoms with van der Waals surface area (Å²) in [6.45, 7) is 1.94. The van der Waals surface area contributed by atoms with Gasteiger partial charge >= 0.3 is 0 Å². The van der Waals surface area contributed by atoms with Crippen molar-refractivity contribution in [3.8, 4) is 11.5 Å². The fourth-order valence-electron chi connectivity index (χ4n) is 3.63. The Bertz CT molecular complexity index is 1150. The molecule has 164 valence electrons. The molecule has 0 saturated carbocycles. The van der Waals surface area contributed by atoms with Crippen molar-refractivity contribution in [2.24, 2.45) is 0 Å². The summed E-state index contributed by atoms with van der Waals surface area (Å²) in [5.41, 5.74) is 2.68. The fourth-order valence-corrected chi connectivity index (χ4v) is 3.63. The van der Waals surface area contributed by atoms with Gasteiger partial charge in [-0.05, 0) is 55.0 Å². The first-order valence-corrected chi connectivity index (χ1v) is 10.8. The number of methoxy groups -OCH3 is 1. The number of hydrogen-bond acceptors (Lipinski definition) is 4. The van der Waals surface area contributed by atoms with E-state index >= 15 is 0 Å². The van der Waals surface area contributed by atoms with Crippen molar-refractivity contribution in [2.75, 3.05) is 20.3 Å². The van der Waals surface area contributed by atoms with Crippen molar-refractivity contribution in [3.63, 3.8) is 0 Å². The van der Waals surface area contributed by atoms with Crippen LogP contribution in [0.3, 0.4) is 0 Å². The molecule has 0 aliphatic heterocycles. The number of aryl methyl sites for hydroxylation is 1. The van der Waals surface area contributed by atoms with Crippen LogP contribution in [0, 0.1) is 0 Å². The van der Waals surface area contributed by atoms with Crippen molar-refractivity contribution < 1.29 is 14.3 Å². The van der Waals surface area contributed by atoms with Crippen LogP contribution in [0.4, 0.5) is 0 Å². The molecule has 0 unspecified atom stereocenters. The van der Waals surface area contributed by atoms with Gasteiger partial charge in [-0.3, -0.25) is 4.79 Å². The SMILES string of the molecule is COc1ccc(C(=O)NCCc2nc3ccccc3n2CCCOc2ccccc2)cc1. The minimum atomic E-state index is -0.105. The number of ether oxygens (including phenoxy) is 2. The lowest BCUT2D eigenvalue weighted by atomic mass is 10.2. The summed E-state index contributed by atoms with van der Waals surface area (Å²) in [5.74, 6) is 2.46. The smallest absolute Gasteiger partial charge is 0.251 e. The highest BCUT2D eigenvalue weighted by molar-refractivity contribution is 5.94. The molecular weight excluding hydrogens is 402 g/mol. The first-order chi connectivity index (χ1) is 15.7. The highest BCUT2D eigenvalue weighted by Crippen LogP contribution is 2.18. The Morgan fingerprint density at radius 2 is 1.69 bits per heavy atom. The standard InChI is InChI=1S/C26H27N3O3/c1-31-21-14-12-20(13-15-21)26(30)27-17-16-25-28-23-10-5-6-11-24(23)29(25)18-7-19-32-22-8-3-2-4-9-22/h2-6,8-15H,7,16-19H2,1H3,(H,27,30). The summed E-state index contributed by atoms with van der Waals surface area (Å²) in [7, 11) is 1.61. The third-order valence-electron chi connectivity index (χ3n) is 5.26. The second kappa shape index (κ2) is 10.5. The van der Waals surface area contributed by atoms with Gasteiger partial charge < -0.3 is 19.4 Å². The molecule has 1 amide bonds. The average Bonchev–Trinajstić information content (AvgIpc) is 3.19. The number of fused-ring (bicyclic) bond motifs is 1. The molecule has 0 spiro atoms. The Morgan fingerprint density at radius 1 is 0.938 bits per heavy atom. The zero-order valence-electron chi connectivity index (χ0n) is 18.2. The topological polar surface area (TPSA) is 65.4 Å². The average molecular weight is 430 g/mol. The van der Waals surface area contributed by atoms with E-state index < -0.39 is 0 Å². The molecule has 0 saturated heterocycles. The number of nitrogens with one attached hydrogen (secondary N) is 1. The second-order valence-electron chi connectivity index (χ2n) is 7.42. The van der Waals surface area contributed by atoms with Crippen molar-refractivity contribution in [3.05, 3.63) is 90.3 Å². The molecule has 6 heteroatoms. The molecule has 4 aromatic rings. The number of benzene rings is 3. The Hall–Kier alpha value is -3.80. The van der Waals surface area contributed by atoms with Gasteiger partial charge in [0.05, 0.1) is 24.8 Å². The van der Waals surface area contributed by atoms with E-state index in [2.05, 4.69) is 16.0 Å². The number of nitrogens with zero attached hydrogens (tertiary/aromatic N) is 2. The molecule has 6 nitrogen and oxygen atoms in total. The van der Waals surface area contributed by atoms with Crippen LogP contribution in [0.5, 0.6) is 11.5 Å². The summed E-state index contributed by atoms with van der Waals surface area (Å²) in [5, 5.41) is 2.99. The van der Waals surface area contributed by atoms with Crippen molar-refractivity contribution in [1.82, 2.24) is 14.9 Å². The minimum absolute atomic E-state index is 0.105. The second-order valence-corrected chi connectivity index (χ2v) is 7.42. The van der Waals surface area contributed by atoms with E-state index in [0.29, 0.717) is 25.1 Å².